The van der Waals surface area contributed by atoms with Crippen LogP contribution >= 0.6 is 0 Å². The third kappa shape index (κ3) is 6.68. The molecule has 0 aliphatic carbocycles. The first-order chi connectivity index (χ1) is 10.4. The van der Waals surface area contributed by atoms with E-state index in [1.54, 1.807) is 39.8 Å². The highest BCUT2D eigenvalue weighted by atomic mass is 32.2. The molecular weight excluding hydrogens is 318 g/mol. The highest BCUT2D eigenvalue weighted by Crippen LogP contribution is 2.15. The zero-order valence-electron chi connectivity index (χ0n) is 13.9. The van der Waals surface area contributed by atoms with E-state index >= 15 is 0 Å². The topological polar surface area (TPSA) is 104 Å². The highest BCUT2D eigenvalue weighted by Gasteiger charge is 2.25. The summed E-state index contributed by atoms with van der Waals surface area (Å²) in [6.07, 6.45) is 1.06. The van der Waals surface area contributed by atoms with E-state index in [1.165, 1.54) is 12.1 Å². The molecule has 0 bridgehead atoms. The van der Waals surface area contributed by atoms with Gasteiger partial charge in [0.1, 0.15) is 6.04 Å². The number of nitrogens with one attached hydrogen (secondary N) is 3. The van der Waals surface area contributed by atoms with Crippen LogP contribution in [-0.4, -0.2) is 32.5 Å². The van der Waals surface area contributed by atoms with Gasteiger partial charge in [-0.3, -0.25) is 14.3 Å². The minimum Gasteiger partial charge on any atom is -0.344 e. The number of hydrogen-bond donors (Lipinski definition) is 3. The fraction of sp³-hybridized carbons (Fsp3) is 0.467. The molecule has 1 unspecified atom stereocenters. The maximum absolute atomic E-state index is 12.1. The number of amides is 2. The lowest BCUT2D eigenvalue weighted by Crippen LogP contribution is -2.46. The van der Waals surface area contributed by atoms with Crippen molar-refractivity contribution in [2.75, 3.05) is 16.3 Å². The van der Waals surface area contributed by atoms with Crippen LogP contribution in [0.15, 0.2) is 24.3 Å². The van der Waals surface area contributed by atoms with Crippen LogP contribution < -0.4 is 15.4 Å². The van der Waals surface area contributed by atoms with Crippen LogP contribution in [0.25, 0.3) is 0 Å². The quantitative estimate of drug-likeness (QED) is 0.755. The fourth-order valence-electron chi connectivity index (χ4n) is 1.56. The smallest absolute Gasteiger partial charge is 0.246 e. The van der Waals surface area contributed by atoms with Crippen molar-refractivity contribution in [3.05, 3.63) is 24.3 Å². The second kappa shape index (κ2) is 6.99. The third-order valence-electron chi connectivity index (χ3n) is 2.88. The molecule has 0 radical (unpaired) electrons. The molecule has 0 aliphatic rings. The van der Waals surface area contributed by atoms with Gasteiger partial charge in [0, 0.05) is 16.8 Å². The highest BCUT2D eigenvalue weighted by molar-refractivity contribution is 7.92. The summed E-state index contributed by atoms with van der Waals surface area (Å²) in [5.74, 6) is -0.570. The van der Waals surface area contributed by atoms with E-state index in [4.69, 9.17) is 0 Å². The van der Waals surface area contributed by atoms with Gasteiger partial charge in [0.2, 0.25) is 21.8 Å². The number of benzene rings is 1. The molecule has 0 aliphatic heterocycles. The summed E-state index contributed by atoms with van der Waals surface area (Å²) in [7, 11) is -3.34. The number of carbonyl (C=O) groups excluding carboxylic acids is 2. The molecule has 1 aromatic carbocycles. The summed E-state index contributed by atoms with van der Waals surface area (Å²) in [4.78, 5) is 23.9. The minimum absolute atomic E-state index is 0.215. The summed E-state index contributed by atoms with van der Waals surface area (Å²) in [5.41, 5.74) is 0.332. The molecule has 23 heavy (non-hydrogen) atoms. The van der Waals surface area contributed by atoms with Gasteiger partial charge in [-0.25, -0.2) is 8.42 Å². The summed E-state index contributed by atoms with van der Waals surface area (Å²) in [5, 5.41) is 5.30. The van der Waals surface area contributed by atoms with Crippen LogP contribution in [0, 0.1) is 5.41 Å². The van der Waals surface area contributed by atoms with E-state index in [0.29, 0.717) is 11.4 Å². The van der Waals surface area contributed by atoms with Gasteiger partial charge in [0.05, 0.1) is 6.26 Å². The van der Waals surface area contributed by atoms with Crippen molar-refractivity contribution in [3.8, 4) is 0 Å². The molecule has 0 saturated heterocycles. The van der Waals surface area contributed by atoms with Crippen LogP contribution in [0.3, 0.4) is 0 Å². The van der Waals surface area contributed by atoms with E-state index < -0.39 is 21.5 Å². The van der Waals surface area contributed by atoms with Gasteiger partial charge in [0.15, 0.2) is 0 Å². The number of anilines is 2. The lowest BCUT2D eigenvalue weighted by Gasteiger charge is -2.21. The van der Waals surface area contributed by atoms with Gasteiger partial charge < -0.3 is 10.6 Å². The molecule has 0 fully saturated rings. The van der Waals surface area contributed by atoms with Gasteiger partial charge in [-0.2, -0.15) is 0 Å². The van der Waals surface area contributed by atoms with Crippen molar-refractivity contribution < 1.29 is 18.0 Å². The molecule has 8 heteroatoms. The molecule has 1 rings (SSSR count). The fourth-order valence-corrected chi connectivity index (χ4v) is 2.13. The van der Waals surface area contributed by atoms with E-state index in [9.17, 15) is 18.0 Å². The molecule has 1 atom stereocenters. The minimum atomic E-state index is -3.34. The Labute approximate surface area is 136 Å². The number of carbonyl (C=O) groups is 2. The van der Waals surface area contributed by atoms with Gasteiger partial charge in [-0.05, 0) is 31.2 Å². The van der Waals surface area contributed by atoms with Crippen LogP contribution in [0.4, 0.5) is 11.4 Å². The zero-order valence-corrected chi connectivity index (χ0v) is 14.7. The average molecular weight is 341 g/mol. The van der Waals surface area contributed by atoms with Gasteiger partial charge >= 0.3 is 0 Å². The molecule has 0 saturated carbocycles. The molecular formula is C15H23N3O4S. The second-order valence-corrected chi connectivity index (χ2v) is 8.13. The number of sulfonamides is 1. The van der Waals surface area contributed by atoms with Crippen molar-refractivity contribution in [1.82, 2.24) is 5.32 Å². The molecule has 0 aromatic heterocycles. The lowest BCUT2D eigenvalue weighted by molar-refractivity contribution is -0.131. The predicted octanol–water partition coefficient (Wildman–Crippen LogP) is 1.55. The largest absolute Gasteiger partial charge is 0.344 e. The van der Waals surface area contributed by atoms with Crippen LogP contribution in [0.5, 0.6) is 0 Å². The zero-order chi connectivity index (χ0) is 17.8. The summed E-state index contributed by atoms with van der Waals surface area (Å²) >= 11 is 0. The Morgan fingerprint density at radius 3 is 1.96 bits per heavy atom. The van der Waals surface area contributed by atoms with Crippen molar-refractivity contribution in [2.24, 2.45) is 5.41 Å². The Balaban J connectivity index is 2.65. The first-order valence-corrected chi connectivity index (χ1v) is 8.97. The average Bonchev–Trinajstić information content (AvgIpc) is 2.38. The SMILES string of the molecule is CC(NC(=O)C(C)(C)C)C(=O)Nc1ccc(NS(C)(=O)=O)cc1. The van der Waals surface area contributed by atoms with Crippen molar-refractivity contribution in [3.63, 3.8) is 0 Å². The molecule has 0 spiro atoms. The Morgan fingerprint density at radius 2 is 1.52 bits per heavy atom. The van der Waals surface area contributed by atoms with Crippen LogP contribution in [0.1, 0.15) is 27.7 Å². The van der Waals surface area contributed by atoms with E-state index in [0.717, 1.165) is 6.26 Å². The van der Waals surface area contributed by atoms with Crippen molar-refractivity contribution >= 4 is 33.2 Å². The normalized spacial score (nSPS) is 13.1. The van der Waals surface area contributed by atoms with Crippen LogP contribution in [-0.2, 0) is 19.6 Å². The van der Waals surface area contributed by atoms with Gasteiger partial charge in [-0.15, -0.1) is 0 Å². The Bertz CT molecular complexity index is 676. The summed E-state index contributed by atoms with van der Waals surface area (Å²) in [6.45, 7) is 6.89. The van der Waals surface area contributed by atoms with E-state index in [2.05, 4.69) is 15.4 Å². The second-order valence-electron chi connectivity index (χ2n) is 6.39. The van der Waals surface area contributed by atoms with E-state index in [1.807, 2.05) is 0 Å². The van der Waals surface area contributed by atoms with Crippen molar-refractivity contribution in [2.45, 2.75) is 33.7 Å². The molecule has 1 aromatic rings. The first kappa shape index (κ1) is 19.0. The molecule has 0 heterocycles. The maximum Gasteiger partial charge on any atom is 0.246 e. The summed E-state index contributed by atoms with van der Waals surface area (Å²) in [6, 6.07) is 5.54. The van der Waals surface area contributed by atoms with Gasteiger partial charge in [0.25, 0.3) is 0 Å². The Morgan fingerprint density at radius 1 is 1.04 bits per heavy atom. The Kier molecular flexibility index (Phi) is 5.76. The lowest BCUT2D eigenvalue weighted by atomic mass is 9.95. The number of hydrogen-bond acceptors (Lipinski definition) is 4. The molecule has 7 nitrogen and oxygen atoms in total. The monoisotopic (exact) mass is 341 g/mol. The van der Waals surface area contributed by atoms with Crippen molar-refractivity contribution in [1.29, 1.82) is 0 Å². The standard InChI is InChI=1S/C15H23N3O4S/c1-10(16-14(20)15(2,3)4)13(19)17-11-6-8-12(9-7-11)18-23(5,21)22/h6-10,18H,1-5H3,(H,16,20)(H,17,19). The first-order valence-electron chi connectivity index (χ1n) is 7.08. The molecule has 2 amide bonds. The number of rotatable bonds is 5. The maximum atomic E-state index is 12.1. The third-order valence-corrected chi connectivity index (χ3v) is 3.48. The Hall–Kier alpha value is -2.09. The molecule has 128 valence electrons. The van der Waals surface area contributed by atoms with Gasteiger partial charge in [-0.1, -0.05) is 20.8 Å². The molecule has 3 N–H and O–H groups in total. The predicted molar refractivity (Wildman–Crippen MR) is 90.6 cm³/mol. The summed E-state index contributed by atoms with van der Waals surface area (Å²) < 4.78 is 24.6. The van der Waals surface area contributed by atoms with E-state index in [-0.39, 0.29) is 11.8 Å². The van der Waals surface area contributed by atoms with Crippen LogP contribution in [0.2, 0.25) is 0 Å².